The third kappa shape index (κ3) is 1.71. The SMILES string of the molecule is CN1C(=O)[C@](O)([C@H]2CCCCC2=O)c2cc(Cl)ccc21. The third-order valence-corrected chi connectivity index (χ3v) is 4.66. The topological polar surface area (TPSA) is 57.6 Å². The van der Waals surface area contributed by atoms with Gasteiger partial charge in [0.2, 0.25) is 0 Å². The molecule has 2 atom stereocenters. The average Bonchev–Trinajstić information content (AvgIpc) is 2.62. The second-order valence-electron chi connectivity index (χ2n) is 5.56. The second-order valence-corrected chi connectivity index (χ2v) is 5.99. The van der Waals surface area contributed by atoms with Gasteiger partial charge in [0.1, 0.15) is 5.78 Å². The average molecular weight is 294 g/mol. The summed E-state index contributed by atoms with van der Waals surface area (Å²) in [6.45, 7) is 0. The molecule has 2 aliphatic rings. The molecule has 1 aliphatic heterocycles. The van der Waals surface area contributed by atoms with Crippen molar-refractivity contribution in [2.75, 3.05) is 11.9 Å². The fraction of sp³-hybridized carbons (Fsp3) is 0.467. The van der Waals surface area contributed by atoms with Crippen LogP contribution in [0.4, 0.5) is 5.69 Å². The number of anilines is 1. The summed E-state index contributed by atoms with van der Waals surface area (Å²) in [5.41, 5.74) is -0.676. The fourth-order valence-electron chi connectivity index (χ4n) is 3.35. The predicted octanol–water partition coefficient (Wildman–Crippen LogP) is 2.26. The zero-order valence-corrected chi connectivity index (χ0v) is 12.0. The zero-order chi connectivity index (χ0) is 14.5. The maximum atomic E-state index is 12.5. The van der Waals surface area contributed by atoms with Gasteiger partial charge >= 0.3 is 0 Å². The summed E-state index contributed by atoms with van der Waals surface area (Å²) in [6, 6.07) is 4.99. The van der Waals surface area contributed by atoms with Crippen LogP contribution in [0, 0.1) is 5.92 Å². The second kappa shape index (κ2) is 4.57. The van der Waals surface area contributed by atoms with E-state index >= 15 is 0 Å². The largest absolute Gasteiger partial charge is 0.375 e. The number of amides is 1. The van der Waals surface area contributed by atoms with Gasteiger partial charge in [-0.1, -0.05) is 18.0 Å². The number of benzene rings is 1. The molecule has 1 fully saturated rings. The first kappa shape index (κ1) is 13.6. The molecular weight excluding hydrogens is 278 g/mol. The van der Waals surface area contributed by atoms with Gasteiger partial charge in [0.05, 0.1) is 11.6 Å². The number of carbonyl (C=O) groups excluding carboxylic acids is 2. The number of hydrogen-bond acceptors (Lipinski definition) is 3. The number of Topliss-reactive ketones (excluding diaryl/α,β-unsaturated/α-hetero) is 1. The van der Waals surface area contributed by atoms with Gasteiger partial charge in [-0.3, -0.25) is 9.59 Å². The Morgan fingerprint density at radius 3 is 2.80 bits per heavy atom. The van der Waals surface area contributed by atoms with E-state index in [9.17, 15) is 14.7 Å². The van der Waals surface area contributed by atoms with Crippen molar-refractivity contribution in [3.63, 3.8) is 0 Å². The highest BCUT2D eigenvalue weighted by Gasteiger charge is 2.56. The van der Waals surface area contributed by atoms with Gasteiger partial charge in [-0.2, -0.15) is 0 Å². The quantitative estimate of drug-likeness (QED) is 0.864. The van der Waals surface area contributed by atoms with Crippen LogP contribution in [0.2, 0.25) is 5.02 Å². The van der Waals surface area contributed by atoms with E-state index in [2.05, 4.69) is 0 Å². The number of aliphatic hydroxyl groups is 1. The molecule has 0 saturated heterocycles. The number of halogens is 1. The summed E-state index contributed by atoms with van der Waals surface area (Å²) in [5, 5.41) is 11.5. The van der Waals surface area contributed by atoms with Crippen LogP contribution >= 0.6 is 11.6 Å². The van der Waals surface area contributed by atoms with Crippen molar-refractivity contribution in [1.29, 1.82) is 0 Å². The first-order valence-electron chi connectivity index (χ1n) is 6.79. The molecule has 1 saturated carbocycles. The van der Waals surface area contributed by atoms with Crippen LogP contribution in [0.5, 0.6) is 0 Å². The Balaban J connectivity index is 2.15. The van der Waals surface area contributed by atoms with Gasteiger partial charge in [-0.05, 0) is 31.0 Å². The lowest BCUT2D eigenvalue weighted by Crippen LogP contribution is -2.48. The maximum Gasteiger partial charge on any atom is 0.264 e. The molecule has 0 unspecified atom stereocenters. The van der Waals surface area contributed by atoms with Crippen LogP contribution in [-0.4, -0.2) is 23.8 Å². The van der Waals surface area contributed by atoms with Crippen LogP contribution in [0.15, 0.2) is 18.2 Å². The number of rotatable bonds is 1. The van der Waals surface area contributed by atoms with Gasteiger partial charge < -0.3 is 10.0 Å². The van der Waals surface area contributed by atoms with Crippen molar-refractivity contribution in [3.05, 3.63) is 28.8 Å². The molecule has 1 aliphatic carbocycles. The monoisotopic (exact) mass is 293 g/mol. The summed E-state index contributed by atoms with van der Waals surface area (Å²) >= 11 is 6.00. The van der Waals surface area contributed by atoms with E-state index in [1.54, 1.807) is 25.2 Å². The lowest BCUT2D eigenvalue weighted by Gasteiger charge is -2.33. The van der Waals surface area contributed by atoms with Crippen LogP contribution in [0.3, 0.4) is 0 Å². The molecular formula is C15H16ClNO3. The van der Waals surface area contributed by atoms with Crippen LogP contribution in [-0.2, 0) is 15.2 Å². The van der Waals surface area contributed by atoms with Gasteiger partial charge in [0.15, 0.2) is 5.60 Å². The molecule has 1 heterocycles. The summed E-state index contributed by atoms with van der Waals surface area (Å²) in [6.07, 6.45) is 2.66. The summed E-state index contributed by atoms with van der Waals surface area (Å²) in [7, 11) is 1.61. The minimum absolute atomic E-state index is 0.0340. The number of nitrogens with zero attached hydrogens (tertiary/aromatic N) is 1. The predicted molar refractivity (Wildman–Crippen MR) is 75.7 cm³/mol. The van der Waals surface area contributed by atoms with E-state index in [-0.39, 0.29) is 5.78 Å². The van der Waals surface area contributed by atoms with Crippen molar-refractivity contribution in [1.82, 2.24) is 0 Å². The first-order valence-corrected chi connectivity index (χ1v) is 7.17. The van der Waals surface area contributed by atoms with E-state index in [4.69, 9.17) is 11.6 Å². The Bertz CT molecular complexity index is 601. The maximum absolute atomic E-state index is 12.5. The van der Waals surface area contributed by atoms with Crippen LogP contribution in [0.25, 0.3) is 0 Å². The smallest absolute Gasteiger partial charge is 0.264 e. The molecule has 1 aromatic carbocycles. The highest BCUT2D eigenvalue weighted by molar-refractivity contribution is 6.31. The van der Waals surface area contributed by atoms with Gasteiger partial charge in [-0.15, -0.1) is 0 Å². The standard InChI is InChI=1S/C15H16ClNO3/c1-17-12-7-6-9(16)8-11(12)15(20,14(17)19)10-4-2-3-5-13(10)18/h6-8,10,20H,2-5H2,1H3/t10-,15-/m0/s1. The summed E-state index contributed by atoms with van der Waals surface area (Å²) < 4.78 is 0. The molecule has 1 aromatic rings. The zero-order valence-electron chi connectivity index (χ0n) is 11.2. The van der Waals surface area contributed by atoms with Crippen molar-refractivity contribution in [2.45, 2.75) is 31.3 Å². The number of hydrogen-bond donors (Lipinski definition) is 1. The molecule has 1 amide bonds. The van der Waals surface area contributed by atoms with Crippen molar-refractivity contribution < 1.29 is 14.7 Å². The van der Waals surface area contributed by atoms with E-state index in [1.807, 2.05) is 0 Å². The van der Waals surface area contributed by atoms with Crippen molar-refractivity contribution >= 4 is 29.0 Å². The molecule has 5 heteroatoms. The minimum Gasteiger partial charge on any atom is -0.375 e. The fourth-order valence-corrected chi connectivity index (χ4v) is 3.52. The Morgan fingerprint density at radius 1 is 1.35 bits per heavy atom. The minimum atomic E-state index is -1.76. The number of fused-ring (bicyclic) bond motifs is 1. The summed E-state index contributed by atoms with van der Waals surface area (Å²) in [4.78, 5) is 26.1. The van der Waals surface area contributed by atoms with E-state index < -0.39 is 17.4 Å². The molecule has 0 spiro atoms. The van der Waals surface area contributed by atoms with E-state index in [0.29, 0.717) is 29.1 Å². The van der Waals surface area contributed by atoms with E-state index in [1.165, 1.54) is 4.90 Å². The van der Waals surface area contributed by atoms with Crippen LogP contribution < -0.4 is 4.90 Å². The Hall–Kier alpha value is -1.39. The molecule has 0 radical (unpaired) electrons. The van der Waals surface area contributed by atoms with Gasteiger partial charge in [-0.25, -0.2) is 0 Å². The van der Waals surface area contributed by atoms with Crippen molar-refractivity contribution in [2.24, 2.45) is 5.92 Å². The molecule has 4 nitrogen and oxygen atoms in total. The molecule has 0 aromatic heterocycles. The molecule has 106 valence electrons. The highest BCUT2D eigenvalue weighted by atomic mass is 35.5. The number of likely N-dealkylation sites (N-methyl/N-ethyl adjacent to an activating group) is 1. The molecule has 3 rings (SSSR count). The summed E-state index contributed by atoms with van der Waals surface area (Å²) in [5.74, 6) is -1.13. The molecule has 0 bridgehead atoms. The lowest BCUT2D eigenvalue weighted by atomic mass is 9.73. The Kier molecular flexibility index (Phi) is 3.10. The van der Waals surface area contributed by atoms with Gasteiger partial charge in [0, 0.05) is 24.1 Å². The number of ketones is 1. The normalized spacial score (nSPS) is 29.8. The molecule has 20 heavy (non-hydrogen) atoms. The van der Waals surface area contributed by atoms with Gasteiger partial charge in [0.25, 0.3) is 5.91 Å². The Labute approximate surface area is 122 Å². The van der Waals surface area contributed by atoms with E-state index in [0.717, 1.165) is 12.8 Å². The lowest BCUT2D eigenvalue weighted by molar-refractivity contribution is -0.151. The highest BCUT2D eigenvalue weighted by Crippen LogP contribution is 2.48. The number of carbonyl (C=O) groups is 2. The molecule has 1 N–H and O–H groups in total. The first-order chi connectivity index (χ1) is 9.46. The third-order valence-electron chi connectivity index (χ3n) is 4.42. The van der Waals surface area contributed by atoms with Crippen molar-refractivity contribution in [3.8, 4) is 0 Å². The van der Waals surface area contributed by atoms with Crippen LogP contribution in [0.1, 0.15) is 31.2 Å². The Morgan fingerprint density at radius 2 is 2.10 bits per heavy atom.